The zero-order valence-electron chi connectivity index (χ0n) is 13.9. The molecule has 3 rings (SSSR count). The Kier molecular flexibility index (Phi) is 4.07. The van der Waals surface area contributed by atoms with E-state index in [2.05, 4.69) is 53.7 Å². The lowest BCUT2D eigenvalue weighted by atomic mass is 9.70. The monoisotopic (exact) mass is 313 g/mol. The molecule has 1 aromatic carbocycles. The van der Waals surface area contributed by atoms with Crippen LogP contribution in [0.15, 0.2) is 36.5 Å². The van der Waals surface area contributed by atoms with Crippen molar-refractivity contribution in [1.29, 1.82) is 0 Å². The van der Waals surface area contributed by atoms with Gasteiger partial charge in [-0.2, -0.15) is 0 Å². The van der Waals surface area contributed by atoms with Crippen LogP contribution in [0, 0.1) is 5.41 Å². The number of nitrogens with zero attached hydrogens (tertiary/aromatic N) is 4. The van der Waals surface area contributed by atoms with E-state index in [1.54, 1.807) is 17.9 Å². The molecule has 1 N–H and O–H groups in total. The van der Waals surface area contributed by atoms with Gasteiger partial charge in [0.2, 0.25) is 0 Å². The first-order valence-electron chi connectivity index (χ1n) is 7.93. The molecule has 1 aliphatic heterocycles. The first-order chi connectivity index (χ1) is 11.0. The van der Waals surface area contributed by atoms with Crippen molar-refractivity contribution in [2.75, 3.05) is 18.4 Å². The quantitative estimate of drug-likeness (QED) is 0.927. The molecule has 2 heterocycles. The number of hydrogen-bond donors (Lipinski definition) is 1. The van der Waals surface area contributed by atoms with Crippen LogP contribution in [0.1, 0.15) is 31.7 Å². The number of aromatic nitrogens is 3. The highest BCUT2D eigenvalue weighted by atomic mass is 16.2. The van der Waals surface area contributed by atoms with Crippen LogP contribution in [0.4, 0.5) is 10.6 Å². The van der Waals surface area contributed by atoms with E-state index in [0.717, 1.165) is 13.0 Å². The number of amides is 2. The van der Waals surface area contributed by atoms with Crippen LogP contribution in [-0.4, -0.2) is 39.0 Å². The Morgan fingerprint density at radius 1 is 1.30 bits per heavy atom. The average molecular weight is 313 g/mol. The summed E-state index contributed by atoms with van der Waals surface area (Å²) in [4.78, 5) is 14.4. The molecule has 1 aliphatic rings. The van der Waals surface area contributed by atoms with Crippen molar-refractivity contribution in [3.63, 3.8) is 0 Å². The second-order valence-electron chi connectivity index (χ2n) is 6.82. The van der Waals surface area contributed by atoms with Crippen LogP contribution in [0.3, 0.4) is 0 Å². The van der Waals surface area contributed by atoms with Crippen molar-refractivity contribution in [1.82, 2.24) is 19.9 Å². The van der Waals surface area contributed by atoms with Gasteiger partial charge in [0.15, 0.2) is 5.82 Å². The number of aryl methyl sites for hydroxylation is 1. The molecule has 6 nitrogen and oxygen atoms in total. The van der Waals surface area contributed by atoms with Crippen LogP contribution in [0.5, 0.6) is 0 Å². The van der Waals surface area contributed by atoms with Crippen LogP contribution in [0.2, 0.25) is 0 Å². The predicted octanol–water partition coefficient (Wildman–Crippen LogP) is 2.86. The number of carbonyl (C=O) groups is 1. The number of likely N-dealkylation sites (tertiary alicyclic amines) is 1. The van der Waals surface area contributed by atoms with Crippen molar-refractivity contribution in [2.45, 2.75) is 26.2 Å². The maximum absolute atomic E-state index is 12.6. The summed E-state index contributed by atoms with van der Waals surface area (Å²) in [5, 5.41) is 10.5. The lowest BCUT2D eigenvalue weighted by molar-refractivity contribution is 0.123. The number of rotatable bonds is 2. The second kappa shape index (κ2) is 6.02. The summed E-state index contributed by atoms with van der Waals surface area (Å²) in [6.45, 7) is 6.04. The molecule has 1 unspecified atom stereocenters. The molecular formula is C17H23N5O. The number of nitrogens with one attached hydrogen (secondary N) is 1. The van der Waals surface area contributed by atoms with Crippen LogP contribution >= 0.6 is 0 Å². The summed E-state index contributed by atoms with van der Waals surface area (Å²) in [7, 11) is 1.76. The van der Waals surface area contributed by atoms with Crippen molar-refractivity contribution in [2.24, 2.45) is 12.5 Å². The topological polar surface area (TPSA) is 63.1 Å². The molecule has 0 bridgehead atoms. The molecule has 1 atom stereocenters. The largest absolute Gasteiger partial charge is 0.324 e. The first-order valence-corrected chi connectivity index (χ1v) is 7.93. The fourth-order valence-electron chi connectivity index (χ4n) is 3.17. The van der Waals surface area contributed by atoms with Crippen molar-refractivity contribution in [3.8, 4) is 0 Å². The molecule has 2 amide bonds. The smallest absolute Gasteiger partial charge is 0.323 e. The number of hydrogen-bond acceptors (Lipinski definition) is 3. The van der Waals surface area contributed by atoms with E-state index in [-0.39, 0.29) is 11.4 Å². The molecule has 23 heavy (non-hydrogen) atoms. The van der Waals surface area contributed by atoms with Crippen molar-refractivity contribution in [3.05, 3.63) is 42.1 Å². The lowest BCUT2D eigenvalue weighted by Gasteiger charge is -2.44. The molecule has 2 aromatic rings. The van der Waals surface area contributed by atoms with E-state index in [1.807, 2.05) is 11.0 Å². The molecular weight excluding hydrogens is 290 g/mol. The maximum atomic E-state index is 12.6. The number of urea groups is 1. The number of anilines is 1. The van der Waals surface area contributed by atoms with E-state index in [0.29, 0.717) is 18.3 Å². The van der Waals surface area contributed by atoms with E-state index < -0.39 is 0 Å². The van der Waals surface area contributed by atoms with Crippen LogP contribution in [-0.2, 0) is 7.05 Å². The SMILES string of the molecule is Cn1nncc1NC(=O)N1CCC(C)(C)C(c2ccccc2)C1. The minimum Gasteiger partial charge on any atom is -0.324 e. The molecule has 0 spiro atoms. The van der Waals surface area contributed by atoms with Gasteiger partial charge in [-0.25, -0.2) is 9.48 Å². The van der Waals surface area contributed by atoms with Gasteiger partial charge < -0.3 is 4.90 Å². The number of benzene rings is 1. The van der Waals surface area contributed by atoms with E-state index in [1.165, 1.54) is 5.56 Å². The highest BCUT2D eigenvalue weighted by Gasteiger charge is 2.38. The van der Waals surface area contributed by atoms with Gasteiger partial charge in [0, 0.05) is 26.1 Å². The Morgan fingerprint density at radius 2 is 2.04 bits per heavy atom. The van der Waals surface area contributed by atoms with E-state index in [9.17, 15) is 4.79 Å². The van der Waals surface area contributed by atoms with Crippen LogP contribution < -0.4 is 5.32 Å². The number of carbonyl (C=O) groups excluding carboxylic acids is 1. The zero-order valence-corrected chi connectivity index (χ0v) is 13.9. The van der Waals surface area contributed by atoms with Gasteiger partial charge in [-0.1, -0.05) is 49.4 Å². The molecule has 6 heteroatoms. The summed E-state index contributed by atoms with van der Waals surface area (Å²) in [6.07, 6.45) is 2.53. The Bertz CT molecular complexity index is 679. The van der Waals surface area contributed by atoms with Gasteiger partial charge in [-0.15, -0.1) is 5.10 Å². The Hall–Kier alpha value is -2.37. The van der Waals surface area contributed by atoms with Gasteiger partial charge in [-0.3, -0.25) is 5.32 Å². The molecule has 1 fully saturated rings. The van der Waals surface area contributed by atoms with Gasteiger partial charge in [-0.05, 0) is 17.4 Å². The minimum atomic E-state index is -0.0909. The van der Waals surface area contributed by atoms with E-state index >= 15 is 0 Å². The fraction of sp³-hybridized carbons (Fsp3) is 0.471. The minimum absolute atomic E-state index is 0.0909. The second-order valence-corrected chi connectivity index (χ2v) is 6.82. The van der Waals surface area contributed by atoms with Crippen molar-refractivity contribution < 1.29 is 4.79 Å². The summed E-state index contributed by atoms with van der Waals surface area (Å²) in [5.74, 6) is 0.934. The van der Waals surface area contributed by atoms with Gasteiger partial charge >= 0.3 is 6.03 Å². The number of piperidine rings is 1. The predicted molar refractivity (Wildman–Crippen MR) is 89.2 cm³/mol. The highest BCUT2D eigenvalue weighted by Crippen LogP contribution is 2.42. The van der Waals surface area contributed by atoms with Gasteiger partial charge in [0.05, 0.1) is 6.20 Å². The highest BCUT2D eigenvalue weighted by molar-refractivity contribution is 5.88. The average Bonchev–Trinajstić information content (AvgIpc) is 2.93. The first kappa shape index (κ1) is 15.5. The molecule has 1 aromatic heterocycles. The van der Waals surface area contributed by atoms with Gasteiger partial charge in [0.25, 0.3) is 0 Å². The fourth-order valence-corrected chi connectivity index (χ4v) is 3.17. The Labute approximate surface area is 136 Å². The van der Waals surface area contributed by atoms with Crippen LogP contribution in [0.25, 0.3) is 0 Å². The third-order valence-electron chi connectivity index (χ3n) is 4.81. The summed E-state index contributed by atoms with van der Waals surface area (Å²) in [6, 6.07) is 10.4. The molecule has 0 saturated carbocycles. The molecule has 1 saturated heterocycles. The van der Waals surface area contributed by atoms with E-state index in [4.69, 9.17) is 0 Å². The summed E-state index contributed by atoms with van der Waals surface area (Å²) < 4.78 is 1.56. The third-order valence-corrected chi connectivity index (χ3v) is 4.81. The normalized spacial score (nSPS) is 20.3. The standard InChI is InChI=1S/C17H23N5O/c1-17(2)9-10-22(12-14(17)13-7-5-4-6-8-13)16(23)19-15-11-18-20-21(15)3/h4-8,11,14H,9-10,12H2,1-3H3,(H,19,23). The maximum Gasteiger partial charge on any atom is 0.323 e. The van der Waals surface area contributed by atoms with Gasteiger partial charge in [0.1, 0.15) is 0 Å². The molecule has 122 valence electrons. The summed E-state index contributed by atoms with van der Waals surface area (Å²) >= 11 is 0. The Morgan fingerprint density at radius 3 is 2.70 bits per heavy atom. The lowest BCUT2D eigenvalue weighted by Crippen LogP contribution is -2.47. The Balaban J connectivity index is 1.75. The van der Waals surface area contributed by atoms with Crippen molar-refractivity contribution >= 4 is 11.8 Å². The zero-order chi connectivity index (χ0) is 16.4. The molecule has 0 radical (unpaired) electrons. The molecule has 0 aliphatic carbocycles. The summed E-state index contributed by atoms with van der Waals surface area (Å²) in [5.41, 5.74) is 1.46. The third kappa shape index (κ3) is 3.21.